The molecule has 0 saturated carbocycles. The van der Waals surface area contributed by atoms with Crippen LogP contribution in [-0.4, -0.2) is 35.2 Å². The Morgan fingerprint density at radius 1 is 1.41 bits per heavy atom. The van der Waals surface area contributed by atoms with Crippen molar-refractivity contribution in [3.05, 3.63) is 33.9 Å². The van der Waals surface area contributed by atoms with Crippen molar-refractivity contribution in [1.82, 2.24) is 0 Å². The van der Waals surface area contributed by atoms with Gasteiger partial charge in [0, 0.05) is 11.6 Å². The van der Waals surface area contributed by atoms with Gasteiger partial charge in [-0.25, -0.2) is 0 Å². The van der Waals surface area contributed by atoms with Crippen LogP contribution in [0.2, 0.25) is 0 Å². The van der Waals surface area contributed by atoms with Crippen molar-refractivity contribution in [2.45, 2.75) is 32.3 Å². The second-order valence-electron chi connectivity index (χ2n) is 4.61. The van der Waals surface area contributed by atoms with E-state index in [1.54, 1.807) is 13.8 Å². The largest absolute Gasteiger partial charge is 0.496 e. The molecule has 0 amide bonds. The van der Waals surface area contributed by atoms with E-state index in [1.807, 2.05) is 0 Å². The van der Waals surface area contributed by atoms with E-state index in [1.165, 1.54) is 13.2 Å². The topological polar surface area (TPSA) is 116 Å². The zero-order chi connectivity index (χ0) is 16.9. The molecule has 2 atom stereocenters. The molecule has 8 nitrogen and oxygen atoms in total. The number of carbonyl (C=O) groups excluding carboxylic acids is 1. The van der Waals surface area contributed by atoms with Crippen LogP contribution >= 0.6 is 0 Å². The fourth-order valence-electron chi connectivity index (χ4n) is 1.76. The highest BCUT2D eigenvalue weighted by molar-refractivity contribution is 6.00. The number of hydrogen-bond donors (Lipinski definition) is 1. The Kier molecular flexibility index (Phi) is 5.85. The number of esters is 1. The van der Waals surface area contributed by atoms with Crippen LogP contribution in [-0.2, 0) is 14.3 Å². The fourth-order valence-corrected chi connectivity index (χ4v) is 1.76. The van der Waals surface area contributed by atoms with E-state index in [2.05, 4.69) is 0 Å². The summed E-state index contributed by atoms with van der Waals surface area (Å²) in [7, 11) is 1.24. The first-order chi connectivity index (χ1) is 10.3. The van der Waals surface area contributed by atoms with Gasteiger partial charge >= 0.3 is 11.9 Å². The number of hydrogen-bond acceptors (Lipinski definition) is 6. The van der Waals surface area contributed by atoms with Crippen molar-refractivity contribution in [3.63, 3.8) is 0 Å². The lowest BCUT2D eigenvalue weighted by Gasteiger charge is -2.17. The summed E-state index contributed by atoms with van der Waals surface area (Å²) in [6.45, 7) is 3.43. The number of carbonyl (C=O) groups is 2. The third-order valence-electron chi connectivity index (χ3n) is 3.11. The second-order valence-corrected chi connectivity index (χ2v) is 4.61. The maximum absolute atomic E-state index is 12.0. The maximum Gasteiger partial charge on any atom is 0.325 e. The van der Waals surface area contributed by atoms with Gasteiger partial charge in [-0.3, -0.25) is 19.7 Å². The number of methoxy groups -OCH3 is 1. The molecule has 8 heteroatoms. The molecule has 0 aliphatic carbocycles. The Labute approximate surface area is 126 Å². The molecule has 0 aliphatic rings. The van der Waals surface area contributed by atoms with Gasteiger partial charge in [-0.1, -0.05) is 6.92 Å². The molecule has 0 aliphatic heterocycles. The first kappa shape index (κ1) is 17.4. The maximum atomic E-state index is 12.0. The molecule has 0 spiro atoms. The van der Waals surface area contributed by atoms with Crippen LogP contribution in [0, 0.1) is 10.1 Å². The Morgan fingerprint density at radius 3 is 2.50 bits per heavy atom. The van der Waals surface area contributed by atoms with E-state index in [-0.39, 0.29) is 17.0 Å². The number of non-ortho nitro benzene ring substituents is 1. The third-order valence-corrected chi connectivity index (χ3v) is 3.11. The third kappa shape index (κ3) is 3.94. The minimum absolute atomic E-state index is 0.00824. The molecule has 0 saturated heterocycles. The molecule has 2 unspecified atom stereocenters. The Balaban J connectivity index is 3.24. The molecule has 0 radical (unpaired) electrons. The number of aliphatic carboxylic acids is 1. The van der Waals surface area contributed by atoms with Crippen LogP contribution in [0.1, 0.15) is 31.7 Å². The number of nitro groups is 1. The van der Waals surface area contributed by atoms with Crippen molar-refractivity contribution in [2.24, 2.45) is 0 Å². The van der Waals surface area contributed by atoms with Gasteiger partial charge in [-0.05, 0) is 19.4 Å². The van der Waals surface area contributed by atoms with Gasteiger partial charge in [0.05, 0.1) is 24.2 Å². The van der Waals surface area contributed by atoms with Crippen LogP contribution in [0.4, 0.5) is 5.69 Å². The van der Waals surface area contributed by atoms with E-state index in [0.29, 0.717) is 6.42 Å². The average Bonchev–Trinajstić information content (AvgIpc) is 2.46. The van der Waals surface area contributed by atoms with E-state index in [0.717, 1.165) is 12.1 Å². The SMILES string of the molecule is CCC(C)OC(=O)C(C(=O)O)c1ccc([N+](=O)[O-])cc1OC. The molecule has 22 heavy (non-hydrogen) atoms. The normalized spacial score (nSPS) is 13.0. The van der Waals surface area contributed by atoms with Gasteiger partial charge in [-0.15, -0.1) is 0 Å². The summed E-state index contributed by atoms with van der Waals surface area (Å²) in [6, 6.07) is 3.37. The van der Waals surface area contributed by atoms with E-state index < -0.39 is 28.9 Å². The standard InChI is InChI=1S/C14H17NO7/c1-4-8(2)22-14(18)12(13(16)17)10-6-5-9(15(19)20)7-11(10)21-3/h5-8,12H,4H2,1-3H3,(H,16,17). The smallest absolute Gasteiger partial charge is 0.325 e. The second kappa shape index (κ2) is 7.39. The molecule has 1 aromatic carbocycles. The predicted octanol–water partition coefficient (Wildman–Crippen LogP) is 2.11. The zero-order valence-corrected chi connectivity index (χ0v) is 12.4. The van der Waals surface area contributed by atoms with Gasteiger partial charge in [0.25, 0.3) is 5.69 Å². The first-order valence-electron chi connectivity index (χ1n) is 6.57. The summed E-state index contributed by atoms with van der Waals surface area (Å²) in [5.74, 6) is -4.01. The molecule has 1 aromatic rings. The molecule has 1 N–H and O–H groups in total. The van der Waals surface area contributed by atoms with Gasteiger partial charge in [0.15, 0.2) is 5.92 Å². The van der Waals surface area contributed by atoms with Gasteiger partial charge in [-0.2, -0.15) is 0 Å². The Bertz CT molecular complexity index is 585. The fraction of sp³-hybridized carbons (Fsp3) is 0.429. The highest BCUT2D eigenvalue weighted by Gasteiger charge is 2.34. The quantitative estimate of drug-likeness (QED) is 0.355. The van der Waals surface area contributed by atoms with Crippen molar-refractivity contribution in [1.29, 1.82) is 0 Å². The molecule has 120 valence electrons. The molecular formula is C14H17NO7. The molecule has 0 heterocycles. The van der Waals surface area contributed by atoms with Gasteiger partial charge in [0.2, 0.25) is 0 Å². The number of nitrogens with zero attached hydrogens (tertiary/aromatic N) is 1. The number of carboxylic acid groups (broad SMARTS) is 1. The van der Waals surface area contributed by atoms with Crippen LogP contribution < -0.4 is 4.74 Å². The van der Waals surface area contributed by atoms with Gasteiger partial charge in [0.1, 0.15) is 5.75 Å². The van der Waals surface area contributed by atoms with Crippen molar-refractivity contribution in [2.75, 3.05) is 7.11 Å². The van der Waals surface area contributed by atoms with Crippen molar-refractivity contribution < 1.29 is 29.1 Å². The van der Waals surface area contributed by atoms with Crippen molar-refractivity contribution in [3.8, 4) is 5.75 Å². The molecule has 0 bridgehead atoms. The lowest BCUT2D eigenvalue weighted by atomic mass is 9.97. The summed E-state index contributed by atoms with van der Waals surface area (Å²) < 4.78 is 10.0. The molecule has 0 aromatic heterocycles. The summed E-state index contributed by atoms with van der Waals surface area (Å²) in [5, 5.41) is 20.0. The number of rotatable bonds is 7. The summed E-state index contributed by atoms with van der Waals surface area (Å²) in [5.41, 5.74) is -0.256. The lowest BCUT2D eigenvalue weighted by Crippen LogP contribution is -2.27. The number of benzene rings is 1. The summed E-state index contributed by atoms with van der Waals surface area (Å²) in [6.07, 6.45) is 0.105. The monoisotopic (exact) mass is 311 g/mol. The van der Waals surface area contributed by atoms with Crippen LogP contribution in [0.3, 0.4) is 0 Å². The van der Waals surface area contributed by atoms with E-state index in [4.69, 9.17) is 9.47 Å². The summed E-state index contributed by atoms with van der Waals surface area (Å²) in [4.78, 5) is 33.6. The van der Waals surface area contributed by atoms with Crippen LogP contribution in [0.5, 0.6) is 5.75 Å². The van der Waals surface area contributed by atoms with E-state index in [9.17, 15) is 24.8 Å². The van der Waals surface area contributed by atoms with E-state index >= 15 is 0 Å². The molecule has 1 rings (SSSR count). The number of nitro benzene ring substituents is 1. The van der Waals surface area contributed by atoms with Crippen LogP contribution in [0.25, 0.3) is 0 Å². The Morgan fingerprint density at radius 2 is 2.05 bits per heavy atom. The average molecular weight is 311 g/mol. The number of ether oxygens (including phenoxy) is 2. The molecule has 0 fully saturated rings. The van der Waals surface area contributed by atoms with Crippen molar-refractivity contribution >= 4 is 17.6 Å². The van der Waals surface area contributed by atoms with Crippen LogP contribution in [0.15, 0.2) is 18.2 Å². The molecular weight excluding hydrogens is 294 g/mol. The number of carboxylic acids is 1. The first-order valence-corrected chi connectivity index (χ1v) is 6.57. The zero-order valence-electron chi connectivity index (χ0n) is 12.4. The van der Waals surface area contributed by atoms with Gasteiger partial charge < -0.3 is 14.6 Å². The lowest BCUT2D eigenvalue weighted by molar-refractivity contribution is -0.384. The highest BCUT2D eigenvalue weighted by Crippen LogP contribution is 2.32. The predicted molar refractivity (Wildman–Crippen MR) is 75.9 cm³/mol. The highest BCUT2D eigenvalue weighted by atomic mass is 16.6. The minimum atomic E-state index is -1.61. The minimum Gasteiger partial charge on any atom is -0.496 e. The summed E-state index contributed by atoms with van der Waals surface area (Å²) >= 11 is 0. The Hall–Kier alpha value is -2.64.